The van der Waals surface area contributed by atoms with Crippen molar-refractivity contribution >= 4 is 11.8 Å². The van der Waals surface area contributed by atoms with Crippen LogP contribution in [0.4, 0.5) is 0 Å². The van der Waals surface area contributed by atoms with Crippen LogP contribution in [0.2, 0.25) is 0 Å². The Morgan fingerprint density at radius 1 is 1.15 bits per heavy atom. The van der Waals surface area contributed by atoms with Gasteiger partial charge in [-0.25, -0.2) is 0 Å². The zero-order valence-corrected chi connectivity index (χ0v) is 17.2. The van der Waals surface area contributed by atoms with Gasteiger partial charge in [-0.3, -0.25) is 9.59 Å². The molecule has 4 rings (SSSR count). The summed E-state index contributed by atoms with van der Waals surface area (Å²) in [6.07, 6.45) is 8.91. The van der Waals surface area contributed by atoms with Crippen LogP contribution in [-0.4, -0.2) is 29.6 Å². The maximum atomic E-state index is 12.2. The number of rotatable bonds is 2. The molecule has 0 bridgehead atoms. The minimum Gasteiger partial charge on any atom is -0.469 e. The first-order valence-electron chi connectivity index (χ1n) is 10.7. The molecule has 0 amide bonds. The van der Waals surface area contributed by atoms with E-state index in [9.17, 15) is 14.7 Å². The molecule has 0 aromatic carbocycles. The lowest BCUT2D eigenvalue weighted by atomic mass is 9.44. The zero-order chi connectivity index (χ0) is 19.6. The molecule has 0 radical (unpaired) electrons. The SMILES string of the molecule is COC(=O)[C@@H](C)[C@H]1CC[C@H]2[C@@H]3CCC4=CC(=O)CC[C@]4(C)[C@@]3(O)CC[C@]12C. The van der Waals surface area contributed by atoms with Gasteiger partial charge >= 0.3 is 5.97 Å². The average molecular weight is 375 g/mol. The third-order valence-electron chi connectivity index (χ3n) is 9.40. The largest absolute Gasteiger partial charge is 0.469 e. The van der Waals surface area contributed by atoms with E-state index in [-0.39, 0.29) is 34.4 Å². The molecule has 0 aromatic heterocycles. The molecule has 0 spiro atoms. The van der Waals surface area contributed by atoms with E-state index in [0.29, 0.717) is 18.3 Å². The van der Waals surface area contributed by atoms with Gasteiger partial charge in [0.15, 0.2) is 5.78 Å². The van der Waals surface area contributed by atoms with Crippen LogP contribution in [0.1, 0.15) is 72.1 Å². The summed E-state index contributed by atoms with van der Waals surface area (Å²) in [5.41, 5.74) is 0.286. The molecule has 3 saturated carbocycles. The van der Waals surface area contributed by atoms with E-state index in [1.54, 1.807) is 0 Å². The number of carbonyl (C=O) groups is 2. The Kier molecular flexibility index (Phi) is 4.38. The highest BCUT2D eigenvalue weighted by atomic mass is 16.5. The summed E-state index contributed by atoms with van der Waals surface area (Å²) in [7, 11) is 1.48. The van der Waals surface area contributed by atoms with Crippen molar-refractivity contribution in [1.29, 1.82) is 0 Å². The standard InChI is InChI=1S/C23H34O4/c1-14(20(25)27-4)17-7-8-18-19-6-5-15-13-16(24)9-10-22(15,3)23(19,26)12-11-21(17,18)2/h13-14,17-19,26H,5-12H2,1-4H3/t14-,17+,18-,19-,21+,22-,23+/m0/s1. The molecule has 0 saturated heterocycles. The van der Waals surface area contributed by atoms with Crippen LogP contribution in [-0.2, 0) is 14.3 Å². The zero-order valence-electron chi connectivity index (χ0n) is 17.2. The summed E-state index contributed by atoms with van der Waals surface area (Å²) in [5, 5.41) is 12.0. The highest BCUT2D eigenvalue weighted by Crippen LogP contribution is 2.68. The molecule has 150 valence electrons. The predicted molar refractivity (Wildman–Crippen MR) is 103 cm³/mol. The number of ketones is 1. The molecule has 0 aliphatic heterocycles. The van der Waals surface area contributed by atoms with Gasteiger partial charge in [0.1, 0.15) is 0 Å². The lowest BCUT2D eigenvalue weighted by Gasteiger charge is -2.63. The Balaban J connectivity index is 1.67. The summed E-state index contributed by atoms with van der Waals surface area (Å²) in [6, 6.07) is 0. The quantitative estimate of drug-likeness (QED) is 0.741. The van der Waals surface area contributed by atoms with E-state index in [4.69, 9.17) is 4.74 Å². The van der Waals surface area contributed by atoms with Crippen molar-refractivity contribution in [2.24, 2.45) is 34.5 Å². The van der Waals surface area contributed by atoms with E-state index in [2.05, 4.69) is 13.8 Å². The van der Waals surface area contributed by atoms with Crippen molar-refractivity contribution in [3.63, 3.8) is 0 Å². The molecule has 0 heterocycles. The Morgan fingerprint density at radius 3 is 2.59 bits per heavy atom. The van der Waals surface area contributed by atoms with Gasteiger partial charge in [-0.2, -0.15) is 0 Å². The first-order chi connectivity index (χ1) is 12.7. The highest BCUT2D eigenvalue weighted by Gasteiger charge is 2.66. The van der Waals surface area contributed by atoms with E-state index in [0.717, 1.165) is 44.9 Å². The fourth-order valence-electron chi connectivity index (χ4n) is 7.71. The minimum atomic E-state index is -0.717. The van der Waals surface area contributed by atoms with Gasteiger partial charge in [0, 0.05) is 11.8 Å². The monoisotopic (exact) mass is 374 g/mol. The number of hydrogen-bond donors (Lipinski definition) is 1. The topological polar surface area (TPSA) is 63.6 Å². The molecule has 27 heavy (non-hydrogen) atoms. The molecule has 3 fully saturated rings. The number of aliphatic hydroxyl groups is 1. The summed E-state index contributed by atoms with van der Waals surface area (Å²) in [4.78, 5) is 24.2. The lowest BCUT2D eigenvalue weighted by molar-refractivity contribution is -0.194. The minimum absolute atomic E-state index is 0.0851. The summed E-state index contributed by atoms with van der Waals surface area (Å²) < 4.78 is 5.04. The van der Waals surface area contributed by atoms with Gasteiger partial charge in [0.2, 0.25) is 0 Å². The highest BCUT2D eigenvalue weighted by molar-refractivity contribution is 5.91. The first-order valence-corrected chi connectivity index (χ1v) is 10.7. The molecule has 4 heteroatoms. The van der Waals surface area contributed by atoms with Crippen molar-refractivity contribution in [3.8, 4) is 0 Å². The van der Waals surface area contributed by atoms with Crippen LogP contribution in [0, 0.1) is 34.5 Å². The van der Waals surface area contributed by atoms with Crippen LogP contribution in [0.5, 0.6) is 0 Å². The van der Waals surface area contributed by atoms with Crippen LogP contribution in [0.3, 0.4) is 0 Å². The normalized spacial score (nSPS) is 47.4. The second-order valence-corrected chi connectivity index (χ2v) is 10.1. The van der Waals surface area contributed by atoms with Crippen LogP contribution < -0.4 is 0 Å². The second kappa shape index (κ2) is 6.17. The van der Waals surface area contributed by atoms with Gasteiger partial charge in [-0.05, 0) is 74.2 Å². The number of methoxy groups -OCH3 is 1. The van der Waals surface area contributed by atoms with Crippen LogP contribution in [0.15, 0.2) is 11.6 Å². The second-order valence-electron chi connectivity index (χ2n) is 10.1. The number of hydrogen-bond acceptors (Lipinski definition) is 4. The summed E-state index contributed by atoms with van der Waals surface area (Å²) in [6.45, 7) is 6.57. The smallest absolute Gasteiger partial charge is 0.308 e. The summed E-state index contributed by atoms with van der Waals surface area (Å²) >= 11 is 0. The average Bonchev–Trinajstić information content (AvgIpc) is 2.99. The van der Waals surface area contributed by atoms with E-state index < -0.39 is 5.60 Å². The first kappa shape index (κ1) is 19.2. The molecule has 0 aromatic rings. The van der Waals surface area contributed by atoms with Gasteiger partial charge in [-0.15, -0.1) is 0 Å². The summed E-state index contributed by atoms with van der Waals surface area (Å²) in [5.74, 6) is 1.08. The van der Waals surface area contributed by atoms with Gasteiger partial charge in [0.25, 0.3) is 0 Å². The molecule has 4 aliphatic rings. The van der Waals surface area contributed by atoms with Gasteiger partial charge in [-0.1, -0.05) is 26.3 Å². The number of fused-ring (bicyclic) bond motifs is 5. The molecule has 4 nitrogen and oxygen atoms in total. The van der Waals surface area contributed by atoms with Crippen molar-refractivity contribution in [2.75, 3.05) is 7.11 Å². The fourth-order valence-corrected chi connectivity index (χ4v) is 7.71. The van der Waals surface area contributed by atoms with E-state index in [1.165, 1.54) is 12.7 Å². The Hall–Kier alpha value is -1.16. The van der Waals surface area contributed by atoms with Crippen molar-refractivity contribution in [3.05, 3.63) is 11.6 Å². The van der Waals surface area contributed by atoms with Crippen molar-refractivity contribution < 1.29 is 19.4 Å². The third-order valence-corrected chi connectivity index (χ3v) is 9.40. The fraction of sp³-hybridized carbons (Fsp3) is 0.826. The maximum Gasteiger partial charge on any atom is 0.308 e. The molecule has 4 aliphatic carbocycles. The molecule has 7 atom stereocenters. The van der Waals surface area contributed by atoms with Crippen molar-refractivity contribution in [2.45, 2.75) is 77.7 Å². The van der Waals surface area contributed by atoms with E-state index >= 15 is 0 Å². The number of carbonyl (C=O) groups excluding carboxylic acids is 2. The molecular formula is C23H34O4. The van der Waals surface area contributed by atoms with Gasteiger partial charge in [0.05, 0.1) is 18.6 Å². The molecule has 0 unspecified atom stereocenters. The van der Waals surface area contributed by atoms with E-state index in [1.807, 2.05) is 13.0 Å². The van der Waals surface area contributed by atoms with Gasteiger partial charge < -0.3 is 9.84 Å². The molecule has 1 N–H and O–H groups in total. The third kappa shape index (κ3) is 2.44. The van der Waals surface area contributed by atoms with Crippen LogP contribution >= 0.6 is 0 Å². The van der Waals surface area contributed by atoms with Crippen LogP contribution in [0.25, 0.3) is 0 Å². The number of ether oxygens (including phenoxy) is 1. The molecular weight excluding hydrogens is 340 g/mol. The predicted octanol–water partition coefficient (Wildman–Crippen LogP) is 4.06. The Morgan fingerprint density at radius 2 is 1.89 bits per heavy atom. The van der Waals surface area contributed by atoms with Crippen molar-refractivity contribution in [1.82, 2.24) is 0 Å². The lowest BCUT2D eigenvalue weighted by Crippen LogP contribution is -2.63. The maximum absolute atomic E-state index is 12.2. The Labute approximate surface area is 162 Å². The number of esters is 1. The Bertz CT molecular complexity index is 696.